The molecule has 0 aliphatic rings. The number of hydrogen-bond acceptors (Lipinski definition) is 6. The molecule has 0 saturated heterocycles. The number of carbonyl (C=O) groups is 2. The van der Waals surface area contributed by atoms with E-state index in [1.165, 1.54) is 11.3 Å². The lowest BCUT2D eigenvalue weighted by Crippen LogP contribution is -2.15. The number of rotatable bonds is 5. The second-order valence-electron chi connectivity index (χ2n) is 4.23. The molecule has 0 saturated carbocycles. The number of nitrogens with zero attached hydrogens (tertiary/aromatic N) is 2. The van der Waals surface area contributed by atoms with Gasteiger partial charge in [-0.15, -0.1) is 16.4 Å². The summed E-state index contributed by atoms with van der Waals surface area (Å²) in [5.74, 6) is -0.236. The summed E-state index contributed by atoms with van der Waals surface area (Å²) in [7, 11) is 0. The van der Waals surface area contributed by atoms with Crippen molar-refractivity contribution in [3.8, 4) is 0 Å². The first-order valence-electron chi connectivity index (χ1n) is 6.55. The summed E-state index contributed by atoms with van der Waals surface area (Å²) < 4.78 is 4.97. The molecule has 0 fully saturated rings. The van der Waals surface area contributed by atoms with Gasteiger partial charge in [0, 0.05) is 11.3 Å². The molecule has 21 heavy (non-hydrogen) atoms. The SMILES string of the molecule is CCOC(=O)c1cc(C)sc1NC(=O)c1n[nH]c(CC)n1. The van der Waals surface area contributed by atoms with Crippen molar-refractivity contribution in [3.63, 3.8) is 0 Å². The Bertz CT molecular complexity index is 662. The third kappa shape index (κ3) is 3.46. The number of hydrogen-bond donors (Lipinski definition) is 2. The van der Waals surface area contributed by atoms with Gasteiger partial charge in [0.25, 0.3) is 5.91 Å². The second-order valence-corrected chi connectivity index (χ2v) is 5.49. The number of carbonyl (C=O) groups excluding carboxylic acids is 2. The van der Waals surface area contributed by atoms with Crippen LogP contribution in [0.1, 0.15) is 45.5 Å². The van der Waals surface area contributed by atoms with Crippen molar-refractivity contribution < 1.29 is 14.3 Å². The number of ether oxygens (including phenoxy) is 1. The zero-order valence-electron chi connectivity index (χ0n) is 12.0. The van der Waals surface area contributed by atoms with Gasteiger partial charge in [-0.3, -0.25) is 9.89 Å². The van der Waals surface area contributed by atoms with E-state index in [-0.39, 0.29) is 12.4 Å². The highest BCUT2D eigenvalue weighted by Gasteiger charge is 2.20. The van der Waals surface area contributed by atoms with Gasteiger partial charge in [0.1, 0.15) is 10.8 Å². The van der Waals surface area contributed by atoms with Crippen LogP contribution < -0.4 is 5.32 Å². The van der Waals surface area contributed by atoms with Crippen LogP contribution >= 0.6 is 11.3 Å². The fourth-order valence-corrected chi connectivity index (χ4v) is 2.58. The lowest BCUT2D eigenvalue weighted by Gasteiger charge is -2.04. The zero-order chi connectivity index (χ0) is 15.4. The molecule has 112 valence electrons. The first-order valence-corrected chi connectivity index (χ1v) is 7.37. The van der Waals surface area contributed by atoms with Crippen molar-refractivity contribution in [2.24, 2.45) is 0 Å². The van der Waals surface area contributed by atoms with E-state index in [0.717, 1.165) is 4.88 Å². The lowest BCUT2D eigenvalue weighted by atomic mass is 10.3. The highest BCUT2D eigenvalue weighted by atomic mass is 32.1. The Kier molecular flexibility index (Phi) is 4.69. The van der Waals surface area contributed by atoms with E-state index < -0.39 is 11.9 Å². The fraction of sp³-hybridized carbons (Fsp3) is 0.385. The number of aromatic nitrogens is 3. The third-order valence-corrected chi connectivity index (χ3v) is 3.61. The molecule has 0 aliphatic carbocycles. The predicted octanol–water partition coefficient (Wildman–Crippen LogP) is 2.17. The molecule has 0 aliphatic heterocycles. The van der Waals surface area contributed by atoms with Crippen molar-refractivity contribution in [3.05, 3.63) is 28.2 Å². The monoisotopic (exact) mass is 308 g/mol. The van der Waals surface area contributed by atoms with Crippen molar-refractivity contribution in [1.29, 1.82) is 0 Å². The van der Waals surface area contributed by atoms with E-state index >= 15 is 0 Å². The van der Waals surface area contributed by atoms with E-state index in [1.807, 2.05) is 13.8 Å². The topological polar surface area (TPSA) is 97.0 Å². The molecule has 2 heterocycles. The fourth-order valence-electron chi connectivity index (χ4n) is 1.68. The summed E-state index contributed by atoms with van der Waals surface area (Å²) in [5, 5.41) is 9.62. The standard InChI is InChI=1S/C13H16N4O3S/c1-4-9-14-10(17-16-9)11(18)15-12-8(6-7(3)21-12)13(19)20-5-2/h6H,4-5H2,1-3H3,(H,15,18)(H,14,16,17). The molecule has 0 atom stereocenters. The highest BCUT2D eigenvalue weighted by Crippen LogP contribution is 2.28. The first-order chi connectivity index (χ1) is 10.0. The number of aromatic amines is 1. The summed E-state index contributed by atoms with van der Waals surface area (Å²) in [5.41, 5.74) is 0.346. The van der Waals surface area contributed by atoms with E-state index in [4.69, 9.17) is 4.74 Å². The van der Waals surface area contributed by atoms with E-state index in [2.05, 4.69) is 20.5 Å². The van der Waals surface area contributed by atoms with Crippen LogP contribution in [0.5, 0.6) is 0 Å². The summed E-state index contributed by atoms with van der Waals surface area (Å²) in [4.78, 5) is 28.9. The Morgan fingerprint density at radius 1 is 1.43 bits per heavy atom. The summed E-state index contributed by atoms with van der Waals surface area (Å²) in [6.45, 7) is 5.77. The van der Waals surface area contributed by atoms with Crippen molar-refractivity contribution >= 4 is 28.2 Å². The summed E-state index contributed by atoms with van der Waals surface area (Å²) >= 11 is 1.31. The molecule has 1 amide bonds. The minimum atomic E-state index is -0.460. The third-order valence-electron chi connectivity index (χ3n) is 2.65. The molecule has 0 radical (unpaired) electrons. The van der Waals surface area contributed by atoms with Crippen molar-refractivity contribution in [1.82, 2.24) is 15.2 Å². The Morgan fingerprint density at radius 2 is 2.19 bits per heavy atom. The molecule has 7 nitrogen and oxygen atoms in total. The molecule has 2 N–H and O–H groups in total. The van der Waals surface area contributed by atoms with Crippen LogP contribution in [-0.2, 0) is 11.2 Å². The van der Waals surface area contributed by atoms with Crippen LogP contribution in [0, 0.1) is 6.92 Å². The van der Waals surface area contributed by atoms with Crippen LogP contribution in [0.15, 0.2) is 6.07 Å². The van der Waals surface area contributed by atoms with E-state index in [1.54, 1.807) is 13.0 Å². The van der Waals surface area contributed by atoms with Gasteiger partial charge in [-0.2, -0.15) is 0 Å². The van der Waals surface area contributed by atoms with Crippen LogP contribution in [-0.4, -0.2) is 33.7 Å². The summed E-state index contributed by atoms with van der Waals surface area (Å²) in [6, 6.07) is 1.69. The molecule has 0 unspecified atom stereocenters. The van der Waals surface area contributed by atoms with E-state index in [9.17, 15) is 9.59 Å². The van der Waals surface area contributed by atoms with Crippen LogP contribution in [0.4, 0.5) is 5.00 Å². The van der Waals surface area contributed by atoms with Crippen LogP contribution in [0.3, 0.4) is 0 Å². The van der Waals surface area contributed by atoms with Gasteiger partial charge in [-0.05, 0) is 19.9 Å². The molecular weight excluding hydrogens is 292 g/mol. The van der Waals surface area contributed by atoms with Crippen molar-refractivity contribution in [2.75, 3.05) is 11.9 Å². The van der Waals surface area contributed by atoms with Crippen molar-refractivity contribution in [2.45, 2.75) is 27.2 Å². The molecule has 2 aromatic heterocycles. The summed E-state index contributed by atoms with van der Waals surface area (Å²) in [6.07, 6.45) is 0.659. The van der Waals surface area contributed by atoms with Gasteiger partial charge < -0.3 is 10.1 Å². The average Bonchev–Trinajstić information content (AvgIpc) is 3.05. The molecule has 0 bridgehead atoms. The van der Waals surface area contributed by atoms with Gasteiger partial charge >= 0.3 is 5.97 Å². The number of nitrogens with one attached hydrogen (secondary N) is 2. The van der Waals surface area contributed by atoms with Crippen LogP contribution in [0.25, 0.3) is 0 Å². The maximum absolute atomic E-state index is 12.1. The molecule has 0 aromatic carbocycles. The first kappa shape index (κ1) is 15.2. The maximum atomic E-state index is 12.1. The van der Waals surface area contributed by atoms with Gasteiger partial charge in [0.2, 0.25) is 5.82 Å². The Morgan fingerprint density at radius 3 is 2.81 bits per heavy atom. The van der Waals surface area contributed by atoms with Gasteiger partial charge in [-0.1, -0.05) is 6.92 Å². The highest BCUT2D eigenvalue weighted by molar-refractivity contribution is 7.16. The molecule has 0 spiro atoms. The number of anilines is 1. The molecule has 2 aromatic rings. The molecule has 2 rings (SSSR count). The molecular formula is C13H16N4O3S. The zero-order valence-corrected chi connectivity index (χ0v) is 12.8. The van der Waals surface area contributed by atoms with Gasteiger partial charge in [0.15, 0.2) is 0 Å². The quantitative estimate of drug-likeness (QED) is 0.825. The normalized spacial score (nSPS) is 10.4. The number of H-pyrrole nitrogens is 1. The van der Waals surface area contributed by atoms with Gasteiger partial charge in [0.05, 0.1) is 12.2 Å². The smallest absolute Gasteiger partial charge is 0.341 e. The lowest BCUT2D eigenvalue weighted by molar-refractivity contribution is 0.0528. The Balaban J connectivity index is 2.19. The number of esters is 1. The minimum Gasteiger partial charge on any atom is -0.462 e. The Hall–Kier alpha value is -2.22. The largest absolute Gasteiger partial charge is 0.462 e. The average molecular weight is 308 g/mol. The maximum Gasteiger partial charge on any atom is 0.341 e. The van der Waals surface area contributed by atoms with Crippen LogP contribution in [0.2, 0.25) is 0 Å². The molecule has 8 heteroatoms. The number of aryl methyl sites for hydroxylation is 2. The van der Waals surface area contributed by atoms with Gasteiger partial charge in [-0.25, -0.2) is 9.78 Å². The minimum absolute atomic E-state index is 0.0488. The predicted molar refractivity (Wildman–Crippen MR) is 78.7 cm³/mol. The van der Waals surface area contributed by atoms with E-state index in [0.29, 0.717) is 22.8 Å². The number of amides is 1. The Labute approximate surface area is 125 Å². The second kappa shape index (κ2) is 6.49. The number of thiophene rings is 1.